The van der Waals surface area contributed by atoms with Crippen LogP contribution in [-0.4, -0.2) is 53.9 Å². The van der Waals surface area contributed by atoms with Crippen molar-refractivity contribution in [3.8, 4) is 0 Å². The van der Waals surface area contributed by atoms with E-state index in [0.29, 0.717) is 18.9 Å². The Morgan fingerprint density at radius 1 is 1.50 bits per heavy atom. The molecule has 0 bridgehead atoms. The van der Waals surface area contributed by atoms with Crippen LogP contribution in [0.5, 0.6) is 0 Å². The van der Waals surface area contributed by atoms with Crippen LogP contribution in [0, 0.1) is 5.92 Å². The third kappa shape index (κ3) is 1.90. The first-order valence-electron chi connectivity index (χ1n) is 5.43. The van der Waals surface area contributed by atoms with Gasteiger partial charge >= 0.3 is 0 Å². The third-order valence-electron chi connectivity index (χ3n) is 3.01. The Kier molecular flexibility index (Phi) is 3.11. The van der Waals surface area contributed by atoms with Crippen LogP contribution in [0.2, 0.25) is 0 Å². The lowest BCUT2D eigenvalue weighted by molar-refractivity contribution is -0.124. The van der Waals surface area contributed by atoms with E-state index in [0.717, 1.165) is 6.42 Å². The molecule has 2 heterocycles. The summed E-state index contributed by atoms with van der Waals surface area (Å²) >= 11 is 0. The summed E-state index contributed by atoms with van der Waals surface area (Å²) in [5.74, 6) is -0.106. The molecule has 3 N–H and O–H groups in total. The van der Waals surface area contributed by atoms with Gasteiger partial charge in [-0.1, -0.05) is 0 Å². The molecule has 90 valence electrons. The molecule has 2 aliphatic rings. The lowest BCUT2D eigenvalue weighted by atomic mass is 9.98. The average Bonchev–Trinajstić information content (AvgIpc) is 2.75. The van der Waals surface area contributed by atoms with Crippen LogP contribution in [0.3, 0.4) is 0 Å². The lowest BCUT2D eigenvalue weighted by Crippen LogP contribution is -2.40. The van der Waals surface area contributed by atoms with Crippen molar-refractivity contribution >= 4 is 11.8 Å². The van der Waals surface area contributed by atoms with Crippen LogP contribution in [0.4, 0.5) is 0 Å². The van der Waals surface area contributed by atoms with Crippen LogP contribution < -0.4 is 5.32 Å². The highest BCUT2D eigenvalue weighted by atomic mass is 16.5. The molecule has 0 aromatic heterocycles. The fraction of sp³-hybridized carbons (Fsp3) is 0.800. The van der Waals surface area contributed by atoms with Crippen LogP contribution in [0.25, 0.3) is 0 Å². The maximum atomic E-state index is 11.6. The Hall–Kier alpha value is -1.14. The summed E-state index contributed by atoms with van der Waals surface area (Å²) in [7, 11) is 0. The van der Waals surface area contributed by atoms with E-state index >= 15 is 0 Å². The van der Waals surface area contributed by atoms with Gasteiger partial charge in [-0.2, -0.15) is 0 Å². The molecule has 6 nitrogen and oxygen atoms in total. The van der Waals surface area contributed by atoms with Crippen molar-refractivity contribution in [3.05, 3.63) is 0 Å². The molecular weight excluding hydrogens is 212 g/mol. The molecule has 0 aliphatic carbocycles. The van der Waals surface area contributed by atoms with Crippen molar-refractivity contribution in [1.29, 1.82) is 0 Å². The summed E-state index contributed by atoms with van der Waals surface area (Å²) in [5.41, 5.74) is -0.965. The molecule has 0 aromatic rings. The first-order valence-corrected chi connectivity index (χ1v) is 5.43. The second-order valence-electron chi connectivity index (χ2n) is 4.27. The Morgan fingerprint density at radius 3 is 2.81 bits per heavy atom. The predicted molar refractivity (Wildman–Crippen MR) is 56.0 cm³/mol. The second-order valence-corrected chi connectivity index (χ2v) is 4.27. The topological polar surface area (TPSA) is 91.2 Å². The van der Waals surface area contributed by atoms with Gasteiger partial charge in [0.15, 0.2) is 5.90 Å². The van der Waals surface area contributed by atoms with Crippen molar-refractivity contribution in [3.63, 3.8) is 0 Å². The minimum atomic E-state index is -0.965. The average molecular weight is 228 g/mol. The minimum Gasteiger partial charge on any atom is -0.478 e. The third-order valence-corrected chi connectivity index (χ3v) is 3.01. The van der Waals surface area contributed by atoms with Crippen molar-refractivity contribution in [2.75, 3.05) is 26.4 Å². The monoisotopic (exact) mass is 228 g/mol. The van der Waals surface area contributed by atoms with Gasteiger partial charge in [0, 0.05) is 6.54 Å². The summed E-state index contributed by atoms with van der Waals surface area (Å²) in [6.45, 7) is 0.273. The molecule has 16 heavy (non-hydrogen) atoms. The van der Waals surface area contributed by atoms with Gasteiger partial charge in [-0.15, -0.1) is 0 Å². The quantitative estimate of drug-likeness (QED) is 0.558. The van der Waals surface area contributed by atoms with E-state index < -0.39 is 5.54 Å². The number of ether oxygens (including phenoxy) is 1. The Labute approximate surface area is 93.3 Å². The summed E-state index contributed by atoms with van der Waals surface area (Å²) < 4.78 is 5.33. The standard InChI is InChI=1S/C10H16N2O4/c13-4-10(5-14)6-16-9(12-10)7-2-1-3-11-8(7)15/h7,13-14H,1-6H2,(H,11,15)/t7-/m1/s1. The number of piperidine rings is 1. The molecule has 0 radical (unpaired) electrons. The predicted octanol–water partition coefficient (Wildman–Crippen LogP) is -1.34. The van der Waals surface area contributed by atoms with Gasteiger partial charge in [-0.3, -0.25) is 4.79 Å². The van der Waals surface area contributed by atoms with E-state index in [2.05, 4.69) is 10.3 Å². The van der Waals surface area contributed by atoms with E-state index in [-0.39, 0.29) is 31.6 Å². The number of aliphatic hydroxyl groups excluding tert-OH is 2. The zero-order chi connectivity index (χ0) is 11.6. The Morgan fingerprint density at radius 2 is 2.25 bits per heavy atom. The van der Waals surface area contributed by atoms with E-state index in [1.165, 1.54) is 0 Å². The molecule has 1 atom stereocenters. The zero-order valence-electron chi connectivity index (χ0n) is 8.98. The van der Waals surface area contributed by atoms with Gasteiger partial charge in [-0.05, 0) is 12.8 Å². The normalized spacial score (nSPS) is 28.2. The van der Waals surface area contributed by atoms with Crippen molar-refractivity contribution in [2.24, 2.45) is 10.9 Å². The number of nitrogens with zero attached hydrogens (tertiary/aromatic N) is 1. The number of nitrogens with one attached hydrogen (secondary N) is 1. The minimum absolute atomic E-state index is 0.0864. The number of aliphatic imine (C=N–C) groups is 1. The maximum Gasteiger partial charge on any atom is 0.232 e. The van der Waals surface area contributed by atoms with Crippen molar-refractivity contribution in [1.82, 2.24) is 5.32 Å². The fourth-order valence-corrected chi connectivity index (χ4v) is 1.90. The van der Waals surface area contributed by atoms with E-state index in [9.17, 15) is 4.79 Å². The molecule has 2 aliphatic heterocycles. The number of amides is 1. The summed E-state index contributed by atoms with van der Waals surface area (Å²) in [5, 5.41) is 21.0. The molecule has 0 unspecified atom stereocenters. The molecule has 0 saturated carbocycles. The fourth-order valence-electron chi connectivity index (χ4n) is 1.90. The largest absolute Gasteiger partial charge is 0.478 e. The number of rotatable bonds is 3. The van der Waals surface area contributed by atoms with Gasteiger partial charge in [0.05, 0.1) is 13.2 Å². The molecule has 0 aromatic carbocycles. The maximum absolute atomic E-state index is 11.6. The van der Waals surface area contributed by atoms with Gasteiger partial charge in [0.1, 0.15) is 18.1 Å². The van der Waals surface area contributed by atoms with Crippen LogP contribution in [0.15, 0.2) is 4.99 Å². The highest BCUT2D eigenvalue weighted by Crippen LogP contribution is 2.24. The number of hydrogen-bond acceptors (Lipinski definition) is 5. The van der Waals surface area contributed by atoms with E-state index in [4.69, 9.17) is 14.9 Å². The molecular formula is C10H16N2O4. The van der Waals surface area contributed by atoms with Gasteiger partial charge in [0.2, 0.25) is 5.91 Å². The van der Waals surface area contributed by atoms with Crippen molar-refractivity contribution < 1.29 is 19.7 Å². The first kappa shape index (κ1) is 11.3. The number of aliphatic hydroxyl groups is 2. The smallest absolute Gasteiger partial charge is 0.232 e. The number of carbonyl (C=O) groups excluding carboxylic acids is 1. The summed E-state index contributed by atoms with van der Waals surface area (Å²) in [4.78, 5) is 15.7. The van der Waals surface area contributed by atoms with Crippen LogP contribution in [0.1, 0.15) is 12.8 Å². The number of hydrogen-bond donors (Lipinski definition) is 3. The molecule has 6 heteroatoms. The van der Waals surface area contributed by atoms with E-state index in [1.807, 2.05) is 0 Å². The van der Waals surface area contributed by atoms with E-state index in [1.54, 1.807) is 0 Å². The van der Waals surface area contributed by atoms with Crippen molar-refractivity contribution in [2.45, 2.75) is 18.4 Å². The van der Waals surface area contributed by atoms with Gasteiger partial charge in [0.25, 0.3) is 0 Å². The van der Waals surface area contributed by atoms with Crippen LogP contribution in [-0.2, 0) is 9.53 Å². The summed E-state index contributed by atoms with van der Waals surface area (Å²) in [6.07, 6.45) is 1.60. The molecule has 1 saturated heterocycles. The highest BCUT2D eigenvalue weighted by molar-refractivity contribution is 6.01. The zero-order valence-corrected chi connectivity index (χ0v) is 8.98. The molecule has 2 rings (SSSR count). The SMILES string of the molecule is O=C1NCCC[C@H]1C1=NC(CO)(CO)CO1. The second kappa shape index (κ2) is 4.39. The van der Waals surface area contributed by atoms with Crippen LogP contribution >= 0.6 is 0 Å². The highest BCUT2D eigenvalue weighted by Gasteiger charge is 2.40. The van der Waals surface area contributed by atoms with Gasteiger partial charge in [-0.25, -0.2) is 4.99 Å². The summed E-state index contributed by atoms with van der Waals surface area (Å²) in [6, 6.07) is 0. The lowest BCUT2D eigenvalue weighted by Gasteiger charge is -2.20. The van der Waals surface area contributed by atoms with Gasteiger partial charge < -0.3 is 20.3 Å². The Bertz CT molecular complexity index is 312. The molecule has 1 fully saturated rings. The molecule has 1 amide bonds. The first-order chi connectivity index (χ1) is 7.71. The Balaban J connectivity index is 2.13. The number of carbonyl (C=O) groups is 1. The molecule has 0 spiro atoms.